The highest BCUT2D eigenvalue weighted by atomic mass is 35.5. The van der Waals surface area contributed by atoms with Crippen LogP contribution in [0, 0.1) is 24.0 Å². The molecule has 2 aliphatic rings. The van der Waals surface area contributed by atoms with Crippen molar-refractivity contribution in [3.05, 3.63) is 71.2 Å². The lowest BCUT2D eigenvalue weighted by Gasteiger charge is -2.42. The summed E-state index contributed by atoms with van der Waals surface area (Å²) in [7, 11) is 0. The van der Waals surface area contributed by atoms with Crippen LogP contribution in [0.2, 0.25) is 0 Å². The Morgan fingerprint density at radius 1 is 1.09 bits per heavy atom. The van der Waals surface area contributed by atoms with Crippen molar-refractivity contribution in [2.24, 2.45) is 11.1 Å². The third-order valence-electron chi connectivity index (χ3n) is 7.47. The second kappa shape index (κ2) is 8.42. The van der Waals surface area contributed by atoms with Crippen LogP contribution in [0.5, 0.6) is 5.88 Å². The van der Waals surface area contributed by atoms with Gasteiger partial charge in [-0.1, -0.05) is 12.1 Å². The molecule has 0 saturated carbocycles. The molecule has 35 heavy (non-hydrogen) atoms. The minimum absolute atomic E-state index is 0. The highest BCUT2D eigenvalue weighted by Crippen LogP contribution is 2.51. The highest BCUT2D eigenvalue weighted by molar-refractivity contribution is 5.85. The standard InChI is InChI=1S/C25H24F2N6O.ClH/c1-14-22(16-3-2-4-17(26)21(16)27)33-19(7-10-29-33)24(30-14)32-11-8-25(9-12-32)13-18-15(23(25)28)5-6-20(34)31-18;/h2-7,10,23H,8-9,11-13,28H2,1H3,(H,31,34);1H/t23-;/m1./s1. The number of aromatic nitrogens is 4. The van der Waals surface area contributed by atoms with Crippen molar-refractivity contribution in [1.82, 2.24) is 19.6 Å². The Labute approximate surface area is 207 Å². The zero-order valence-corrected chi connectivity index (χ0v) is 19.9. The van der Waals surface area contributed by atoms with Gasteiger partial charge in [0.15, 0.2) is 17.5 Å². The number of nitrogens with two attached hydrogens (primary N) is 1. The third-order valence-corrected chi connectivity index (χ3v) is 7.47. The molecule has 6 rings (SSSR count). The van der Waals surface area contributed by atoms with E-state index in [0.29, 0.717) is 11.4 Å². The number of pyridine rings is 1. The molecular weight excluding hydrogens is 474 g/mol. The van der Waals surface area contributed by atoms with E-state index >= 15 is 0 Å². The van der Waals surface area contributed by atoms with E-state index in [1.165, 1.54) is 6.07 Å². The van der Waals surface area contributed by atoms with Crippen molar-refractivity contribution in [2.45, 2.75) is 32.2 Å². The molecule has 3 N–H and O–H groups in total. The fourth-order valence-electron chi connectivity index (χ4n) is 5.65. The van der Waals surface area contributed by atoms with Gasteiger partial charge in [-0.05, 0) is 55.4 Å². The molecule has 1 spiro atoms. The summed E-state index contributed by atoms with van der Waals surface area (Å²) >= 11 is 0. The molecular formula is C25H25ClF2N6O. The molecule has 0 unspecified atom stereocenters. The van der Waals surface area contributed by atoms with Gasteiger partial charge in [0.05, 0.1) is 17.6 Å². The first kappa shape index (κ1) is 23.4. The van der Waals surface area contributed by atoms with Gasteiger partial charge >= 0.3 is 0 Å². The molecule has 7 nitrogen and oxygen atoms in total. The number of aryl methyl sites for hydroxylation is 1. The summed E-state index contributed by atoms with van der Waals surface area (Å²) in [4.78, 5) is 11.3. The molecule has 1 fully saturated rings. The number of hydrogen-bond acceptors (Lipinski definition) is 6. The predicted molar refractivity (Wildman–Crippen MR) is 131 cm³/mol. The van der Waals surface area contributed by atoms with Gasteiger partial charge in [0.25, 0.3) is 0 Å². The number of nitrogens with zero attached hydrogens (tertiary/aromatic N) is 5. The fraction of sp³-hybridized carbons (Fsp3) is 0.320. The van der Waals surface area contributed by atoms with Crippen LogP contribution in [0.1, 0.15) is 35.8 Å². The van der Waals surface area contributed by atoms with Crippen molar-refractivity contribution >= 4 is 23.7 Å². The number of aromatic hydroxyl groups is 1. The molecule has 3 aromatic heterocycles. The molecule has 4 aromatic rings. The van der Waals surface area contributed by atoms with Gasteiger partial charge in [0, 0.05) is 36.5 Å². The second-order valence-electron chi connectivity index (χ2n) is 9.31. The monoisotopic (exact) mass is 498 g/mol. The predicted octanol–water partition coefficient (Wildman–Crippen LogP) is 4.35. The van der Waals surface area contributed by atoms with E-state index in [-0.39, 0.29) is 35.3 Å². The molecule has 0 bridgehead atoms. The summed E-state index contributed by atoms with van der Waals surface area (Å²) in [5.74, 6) is -1.02. The average molecular weight is 499 g/mol. The van der Waals surface area contributed by atoms with Crippen molar-refractivity contribution in [3.8, 4) is 17.1 Å². The smallest absolute Gasteiger partial charge is 0.210 e. The lowest BCUT2D eigenvalue weighted by atomic mass is 9.73. The van der Waals surface area contributed by atoms with Crippen LogP contribution in [-0.4, -0.2) is 37.8 Å². The fourth-order valence-corrected chi connectivity index (χ4v) is 5.65. The Balaban J connectivity index is 0.00000253. The summed E-state index contributed by atoms with van der Waals surface area (Å²) < 4.78 is 30.2. The molecule has 1 saturated heterocycles. The van der Waals surface area contributed by atoms with Gasteiger partial charge in [-0.25, -0.2) is 23.3 Å². The van der Waals surface area contributed by atoms with Gasteiger partial charge in [-0.2, -0.15) is 5.10 Å². The minimum Gasteiger partial charge on any atom is -0.493 e. The van der Waals surface area contributed by atoms with Gasteiger partial charge in [-0.15, -0.1) is 12.4 Å². The molecule has 4 heterocycles. The number of rotatable bonds is 2. The Hall–Kier alpha value is -3.30. The van der Waals surface area contributed by atoms with Gasteiger partial charge in [0.1, 0.15) is 5.52 Å². The van der Waals surface area contributed by atoms with Gasteiger partial charge in [-0.3, -0.25) is 0 Å². The van der Waals surface area contributed by atoms with Crippen LogP contribution in [-0.2, 0) is 6.42 Å². The molecule has 1 aliphatic carbocycles. The second-order valence-corrected chi connectivity index (χ2v) is 9.31. The summed E-state index contributed by atoms with van der Waals surface area (Å²) in [5.41, 5.74) is 10.3. The molecule has 182 valence electrons. The van der Waals surface area contributed by atoms with Gasteiger partial charge < -0.3 is 15.7 Å². The molecule has 1 aromatic carbocycles. The van der Waals surface area contributed by atoms with Crippen LogP contribution in [0.25, 0.3) is 16.8 Å². The number of piperidine rings is 1. The van der Waals surface area contributed by atoms with Crippen molar-refractivity contribution in [1.29, 1.82) is 0 Å². The Morgan fingerprint density at radius 2 is 1.86 bits per heavy atom. The molecule has 10 heteroatoms. The highest BCUT2D eigenvalue weighted by Gasteiger charge is 2.47. The first-order valence-corrected chi connectivity index (χ1v) is 11.4. The normalized spacial score (nSPS) is 18.6. The van der Waals surface area contributed by atoms with Crippen molar-refractivity contribution < 1.29 is 13.9 Å². The maximum absolute atomic E-state index is 14.6. The van der Waals surface area contributed by atoms with E-state index in [4.69, 9.17) is 10.7 Å². The van der Waals surface area contributed by atoms with Crippen LogP contribution in [0.4, 0.5) is 14.6 Å². The molecule has 0 radical (unpaired) electrons. The van der Waals surface area contributed by atoms with E-state index < -0.39 is 11.6 Å². The maximum atomic E-state index is 14.6. The Morgan fingerprint density at radius 3 is 2.63 bits per heavy atom. The Kier molecular flexibility index (Phi) is 5.64. The molecule has 1 atom stereocenters. The summed E-state index contributed by atoms with van der Waals surface area (Å²) in [6, 6.07) is 9.32. The van der Waals surface area contributed by atoms with Crippen LogP contribution in [0.15, 0.2) is 42.6 Å². The lowest BCUT2D eigenvalue weighted by molar-refractivity contribution is 0.186. The number of fused-ring (bicyclic) bond motifs is 2. The average Bonchev–Trinajstić information content (AvgIpc) is 3.40. The Bertz CT molecular complexity index is 1430. The van der Waals surface area contributed by atoms with E-state index in [0.717, 1.165) is 61.0 Å². The molecule has 0 amide bonds. The lowest BCUT2D eigenvalue weighted by Crippen LogP contribution is -2.44. The number of hydrogen-bond donors (Lipinski definition) is 2. The van der Waals surface area contributed by atoms with Crippen LogP contribution < -0.4 is 10.6 Å². The van der Waals surface area contributed by atoms with E-state index in [1.54, 1.807) is 29.8 Å². The quantitative estimate of drug-likeness (QED) is 0.427. The molecule has 1 aliphatic heterocycles. The SMILES string of the molecule is Cc1nc(N2CCC3(CC2)Cc2nc(O)ccc2[C@H]3N)c2ccnn2c1-c1cccc(F)c1F.Cl. The van der Waals surface area contributed by atoms with E-state index in [2.05, 4.69) is 15.0 Å². The summed E-state index contributed by atoms with van der Waals surface area (Å²) in [5, 5.41) is 14.2. The van der Waals surface area contributed by atoms with Crippen LogP contribution >= 0.6 is 12.4 Å². The van der Waals surface area contributed by atoms with Gasteiger partial charge in [0.2, 0.25) is 5.88 Å². The zero-order valence-electron chi connectivity index (χ0n) is 19.1. The van der Waals surface area contributed by atoms with E-state index in [1.807, 2.05) is 12.1 Å². The minimum atomic E-state index is -0.911. The van der Waals surface area contributed by atoms with Crippen LogP contribution in [0.3, 0.4) is 0 Å². The van der Waals surface area contributed by atoms with Crippen molar-refractivity contribution in [2.75, 3.05) is 18.0 Å². The number of halogens is 3. The first-order chi connectivity index (χ1) is 16.4. The maximum Gasteiger partial charge on any atom is 0.210 e. The summed E-state index contributed by atoms with van der Waals surface area (Å²) in [6.07, 6.45) is 4.10. The number of benzene rings is 1. The third kappa shape index (κ3) is 3.52. The zero-order chi connectivity index (χ0) is 23.6. The van der Waals surface area contributed by atoms with Crippen molar-refractivity contribution in [3.63, 3.8) is 0 Å². The van der Waals surface area contributed by atoms with E-state index in [9.17, 15) is 13.9 Å². The first-order valence-electron chi connectivity index (χ1n) is 11.4. The topological polar surface area (TPSA) is 92.6 Å². The number of anilines is 1. The summed E-state index contributed by atoms with van der Waals surface area (Å²) in [6.45, 7) is 3.28. The largest absolute Gasteiger partial charge is 0.493 e.